The van der Waals surface area contributed by atoms with Crippen LogP contribution in [0.5, 0.6) is 11.5 Å². The molecule has 7 heteroatoms. The molecule has 106 valence electrons. The predicted molar refractivity (Wildman–Crippen MR) is 79.1 cm³/mol. The SMILES string of the molecule is Cc1ccc(Cl)cc1Oc1ccc(S(N)(=O)=O)cc1Cl. The van der Waals surface area contributed by atoms with Crippen LogP contribution in [0.15, 0.2) is 41.3 Å². The quantitative estimate of drug-likeness (QED) is 0.931. The number of nitrogens with two attached hydrogens (primary N) is 1. The molecular weight excluding hydrogens is 321 g/mol. The highest BCUT2D eigenvalue weighted by Crippen LogP contribution is 2.33. The Kier molecular flexibility index (Phi) is 4.25. The zero-order valence-corrected chi connectivity index (χ0v) is 12.8. The Bertz CT molecular complexity index is 760. The number of aryl methyl sites for hydroxylation is 1. The second-order valence-electron chi connectivity index (χ2n) is 4.15. The third-order valence-corrected chi connectivity index (χ3v) is 4.04. The molecule has 0 amide bonds. The van der Waals surface area contributed by atoms with Gasteiger partial charge >= 0.3 is 0 Å². The van der Waals surface area contributed by atoms with Crippen LogP contribution in [0.4, 0.5) is 0 Å². The van der Waals surface area contributed by atoms with Gasteiger partial charge in [-0.2, -0.15) is 0 Å². The van der Waals surface area contributed by atoms with Crippen LogP contribution in [0.1, 0.15) is 5.56 Å². The van der Waals surface area contributed by atoms with Crippen molar-refractivity contribution < 1.29 is 13.2 Å². The van der Waals surface area contributed by atoms with E-state index in [4.69, 9.17) is 33.1 Å². The Balaban J connectivity index is 2.38. The van der Waals surface area contributed by atoms with Crippen molar-refractivity contribution in [1.82, 2.24) is 0 Å². The first-order valence-electron chi connectivity index (χ1n) is 5.54. The van der Waals surface area contributed by atoms with Gasteiger partial charge in [0, 0.05) is 5.02 Å². The summed E-state index contributed by atoms with van der Waals surface area (Å²) in [5, 5.41) is 5.71. The van der Waals surface area contributed by atoms with Gasteiger partial charge in [-0.1, -0.05) is 29.3 Å². The van der Waals surface area contributed by atoms with Crippen LogP contribution in [0.2, 0.25) is 10.0 Å². The van der Waals surface area contributed by atoms with Crippen LogP contribution in [-0.2, 0) is 10.0 Å². The molecule has 2 rings (SSSR count). The van der Waals surface area contributed by atoms with Crippen molar-refractivity contribution in [3.05, 3.63) is 52.0 Å². The van der Waals surface area contributed by atoms with E-state index in [-0.39, 0.29) is 9.92 Å². The zero-order valence-electron chi connectivity index (χ0n) is 10.4. The molecule has 0 heterocycles. The van der Waals surface area contributed by atoms with Gasteiger partial charge in [-0.25, -0.2) is 13.6 Å². The molecule has 20 heavy (non-hydrogen) atoms. The summed E-state index contributed by atoms with van der Waals surface area (Å²) >= 11 is 11.9. The van der Waals surface area contributed by atoms with Crippen molar-refractivity contribution in [3.8, 4) is 11.5 Å². The van der Waals surface area contributed by atoms with E-state index in [0.29, 0.717) is 16.5 Å². The maximum absolute atomic E-state index is 11.2. The van der Waals surface area contributed by atoms with Gasteiger partial charge in [-0.3, -0.25) is 0 Å². The molecule has 0 atom stereocenters. The Labute approximate surface area is 127 Å². The molecule has 0 radical (unpaired) electrons. The van der Waals surface area contributed by atoms with Gasteiger partial charge in [0.1, 0.15) is 11.5 Å². The van der Waals surface area contributed by atoms with Crippen molar-refractivity contribution in [3.63, 3.8) is 0 Å². The van der Waals surface area contributed by atoms with Gasteiger partial charge in [-0.05, 0) is 42.8 Å². The first-order valence-corrected chi connectivity index (χ1v) is 7.84. The lowest BCUT2D eigenvalue weighted by atomic mass is 10.2. The summed E-state index contributed by atoms with van der Waals surface area (Å²) in [6, 6.07) is 9.23. The molecule has 0 aliphatic carbocycles. The first-order chi connectivity index (χ1) is 9.27. The van der Waals surface area contributed by atoms with Gasteiger partial charge in [0.05, 0.1) is 9.92 Å². The highest BCUT2D eigenvalue weighted by atomic mass is 35.5. The van der Waals surface area contributed by atoms with Crippen molar-refractivity contribution in [2.45, 2.75) is 11.8 Å². The van der Waals surface area contributed by atoms with Crippen LogP contribution in [-0.4, -0.2) is 8.42 Å². The minimum Gasteiger partial charge on any atom is -0.455 e. The molecule has 0 saturated carbocycles. The maximum Gasteiger partial charge on any atom is 0.238 e. The van der Waals surface area contributed by atoms with Crippen LogP contribution >= 0.6 is 23.2 Å². The van der Waals surface area contributed by atoms with Crippen LogP contribution in [0.3, 0.4) is 0 Å². The number of primary sulfonamides is 1. The normalized spacial score (nSPS) is 11.4. The molecule has 0 aliphatic rings. The molecule has 2 aromatic rings. The summed E-state index contributed by atoms with van der Waals surface area (Å²) in [5.74, 6) is 0.868. The van der Waals surface area contributed by atoms with E-state index in [2.05, 4.69) is 0 Å². The average Bonchev–Trinajstić information content (AvgIpc) is 2.35. The van der Waals surface area contributed by atoms with Crippen molar-refractivity contribution in [1.29, 1.82) is 0 Å². The second kappa shape index (κ2) is 5.61. The lowest BCUT2D eigenvalue weighted by molar-refractivity contribution is 0.478. The van der Waals surface area contributed by atoms with Gasteiger partial charge in [0.15, 0.2) is 0 Å². The molecule has 0 aromatic heterocycles. The molecule has 2 aromatic carbocycles. The lowest BCUT2D eigenvalue weighted by Crippen LogP contribution is -2.11. The van der Waals surface area contributed by atoms with E-state index in [1.807, 2.05) is 13.0 Å². The van der Waals surface area contributed by atoms with E-state index in [0.717, 1.165) is 5.56 Å². The highest BCUT2D eigenvalue weighted by Gasteiger charge is 2.12. The topological polar surface area (TPSA) is 69.4 Å². The minimum absolute atomic E-state index is 0.0716. The molecular formula is C13H11Cl2NO3S. The molecule has 0 fully saturated rings. The Morgan fingerprint density at radius 1 is 1.05 bits per heavy atom. The van der Waals surface area contributed by atoms with Gasteiger partial charge < -0.3 is 4.74 Å². The monoisotopic (exact) mass is 331 g/mol. The Morgan fingerprint density at radius 2 is 1.75 bits per heavy atom. The molecule has 0 saturated heterocycles. The van der Waals surface area contributed by atoms with E-state index >= 15 is 0 Å². The van der Waals surface area contributed by atoms with Crippen molar-refractivity contribution >= 4 is 33.2 Å². The number of hydrogen-bond acceptors (Lipinski definition) is 3. The van der Waals surface area contributed by atoms with Gasteiger partial charge in [0.2, 0.25) is 10.0 Å². The fourth-order valence-electron chi connectivity index (χ4n) is 1.54. The van der Waals surface area contributed by atoms with E-state index in [1.165, 1.54) is 18.2 Å². The second-order valence-corrected chi connectivity index (χ2v) is 6.55. The van der Waals surface area contributed by atoms with E-state index in [1.54, 1.807) is 12.1 Å². The average molecular weight is 332 g/mol. The summed E-state index contributed by atoms with van der Waals surface area (Å²) in [7, 11) is -3.79. The summed E-state index contributed by atoms with van der Waals surface area (Å²) in [4.78, 5) is -0.0716. The third-order valence-electron chi connectivity index (χ3n) is 2.60. The van der Waals surface area contributed by atoms with Crippen LogP contribution < -0.4 is 9.88 Å². The molecule has 0 bridgehead atoms. The summed E-state index contributed by atoms with van der Waals surface area (Å²) in [6.45, 7) is 1.86. The number of rotatable bonds is 3. The van der Waals surface area contributed by atoms with Crippen molar-refractivity contribution in [2.75, 3.05) is 0 Å². The number of sulfonamides is 1. The maximum atomic E-state index is 11.2. The number of hydrogen-bond donors (Lipinski definition) is 1. The standard InChI is InChI=1S/C13H11Cl2NO3S/c1-8-2-3-9(14)6-13(8)19-12-5-4-10(7-11(12)15)20(16,17)18/h2-7H,1H3,(H2,16,17,18). The number of ether oxygens (including phenoxy) is 1. The molecule has 4 nitrogen and oxygen atoms in total. The Morgan fingerprint density at radius 3 is 2.35 bits per heavy atom. The zero-order chi connectivity index (χ0) is 14.9. The first kappa shape index (κ1) is 15.1. The highest BCUT2D eigenvalue weighted by molar-refractivity contribution is 7.89. The molecule has 2 N–H and O–H groups in total. The van der Waals surface area contributed by atoms with Gasteiger partial charge in [-0.15, -0.1) is 0 Å². The molecule has 0 aliphatic heterocycles. The Hall–Kier alpha value is -1.27. The smallest absolute Gasteiger partial charge is 0.238 e. The van der Waals surface area contributed by atoms with Crippen LogP contribution in [0.25, 0.3) is 0 Å². The van der Waals surface area contributed by atoms with Crippen molar-refractivity contribution in [2.24, 2.45) is 5.14 Å². The van der Waals surface area contributed by atoms with Gasteiger partial charge in [0.25, 0.3) is 0 Å². The summed E-state index contributed by atoms with van der Waals surface area (Å²) in [6.07, 6.45) is 0. The largest absolute Gasteiger partial charge is 0.455 e. The third kappa shape index (κ3) is 3.43. The van der Waals surface area contributed by atoms with E-state index < -0.39 is 10.0 Å². The number of benzene rings is 2. The molecule has 0 spiro atoms. The van der Waals surface area contributed by atoms with E-state index in [9.17, 15) is 8.42 Å². The minimum atomic E-state index is -3.79. The fraction of sp³-hybridized carbons (Fsp3) is 0.0769. The fourth-order valence-corrected chi connectivity index (χ4v) is 2.53. The summed E-state index contributed by atoms with van der Waals surface area (Å²) < 4.78 is 28.1. The molecule has 0 unspecified atom stereocenters. The number of halogens is 2. The van der Waals surface area contributed by atoms with Crippen LogP contribution in [0, 0.1) is 6.92 Å². The lowest BCUT2D eigenvalue weighted by Gasteiger charge is -2.11. The summed E-state index contributed by atoms with van der Waals surface area (Å²) in [5.41, 5.74) is 0.876. The predicted octanol–water partition coefficient (Wildman–Crippen LogP) is 3.74.